The molecule has 0 unspecified atom stereocenters. The van der Waals surface area contributed by atoms with E-state index in [4.69, 9.17) is 16.3 Å². The normalized spacial score (nSPS) is 21.4. The maximum Gasteiger partial charge on any atom is 0.249 e. The molecule has 0 aromatic carbocycles. The molecule has 3 aromatic heterocycles. The summed E-state index contributed by atoms with van der Waals surface area (Å²) in [4.78, 5) is 29.7. The molecule has 1 saturated heterocycles. The predicted octanol–water partition coefficient (Wildman–Crippen LogP) is 1.37. The molecule has 11 heteroatoms. The van der Waals surface area contributed by atoms with Gasteiger partial charge in [0.2, 0.25) is 5.91 Å². The number of anilines is 1. The van der Waals surface area contributed by atoms with E-state index in [0.717, 1.165) is 0 Å². The Bertz CT molecular complexity index is 1060. The van der Waals surface area contributed by atoms with Gasteiger partial charge in [0.15, 0.2) is 29.0 Å². The molecular formula is C18H20ClN7O3. The Morgan fingerprint density at radius 1 is 1.41 bits per heavy atom. The summed E-state index contributed by atoms with van der Waals surface area (Å²) in [5.41, 5.74) is 1.61. The number of hydrogen-bond acceptors (Lipinski definition) is 8. The van der Waals surface area contributed by atoms with E-state index in [1.807, 2.05) is 6.92 Å². The molecule has 1 aliphatic heterocycles. The third-order valence-electron chi connectivity index (χ3n) is 4.63. The minimum atomic E-state index is -0.885. The molecule has 4 rings (SSSR count). The van der Waals surface area contributed by atoms with Gasteiger partial charge >= 0.3 is 0 Å². The average Bonchev–Trinajstić information content (AvgIpc) is 3.30. The van der Waals surface area contributed by atoms with E-state index < -0.39 is 18.4 Å². The highest BCUT2D eigenvalue weighted by molar-refractivity contribution is 6.30. The molecule has 1 fully saturated rings. The van der Waals surface area contributed by atoms with Crippen LogP contribution in [0.1, 0.15) is 19.6 Å². The van der Waals surface area contributed by atoms with E-state index in [-0.39, 0.29) is 12.3 Å². The number of carbonyl (C=O) groups is 1. The Hall–Kier alpha value is -2.82. The van der Waals surface area contributed by atoms with Gasteiger partial charge in [-0.1, -0.05) is 11.6 Å². The van der Waals surface area contributed by atoms with Gasteiger partial charge in [0, 0.05) is 38.0 Å². The zero-order valence-electron chi connectivity index (χ0n) is 15.8. The molecule has 10 nitrogen and oxygen atoms in total. The van der Waals surface area contributed by atoms with Crippen molar-refractivity contribution in [1.29, 1.82) is 0 Å². The first-order valence-corrected chi connectivity index (χ1v) is 9.54. The zero-order valence-corrected chi connectivity index (χ0v) is 16.6. The molecule has 0 bridgehead atoms. The largest absolute Gasteiger partial charge is 0.388 e. The summed E-state index contributed by atoms with van der Waals surface area (Å²) in [5.74, 6) is 0.651. The summed E-state index contributed by atoms with van der Waals surface area (Å²) < 4.78 is 7.44. The molecule has 0 spiro atoms. The molecule has 29 heavy (non-hydrogen) atoms. The van der Waals surface area contributed by atoms with E-state index in [0.29, 0.717) is 39.9 Å². The second-order valence-electron chi connectivity index (χ2n) is 6.57. The first-order chi connectivity index (χ1) is 14.0. The number of likely N-dealkylation sites (N-methyl/N-ethyl adjacent to an activating group) is 1. The molecule has 4 heterocycles. The van der Waals surface area contributed by atoms with E-state index >= 15 is 0 Å². The third-order valence-corrected chi connectivity index (χ3v) is 4.83. The number of carbonyl (C=O) groups excluding carboxylic acids is 1. The Kier molecular flexibility index (Phi) is 5.31. The summed E-state index contributed by atoms with van der Waals surface area (Å²) in [6.45, 7) is 2.32. The Balaban J connectivity index is 1.76. The molecule has 1 aliphatic rings. The lowest BCUT2D eigenvalue weighted by Crippen LogP contribution is -2.34. The van der Waals surface area contributed by atoms with Gasteiger partial charge in [-0.3, -0.25) is 14.3 Å². The molecule has 0 radical (unpaired) electrons. The van der Waals surface area contributed by atoms with Crippen LogP contribution >= 0.6 is 11.6 Å². The van der Waals surface area contributed by atoms with E-state index in [9.17, 15) is 9.90 Å². The highest BCUT2D eigenvalue weighted by Gasteiger charge is 2.39. The van der Waals surface area contributed by atoms with Crippen LogP contribution in [0.4, 0.5) is 5.82 Å². The van der Waals surface area contributed by atoms with Crippen LogP contribution in [0.3, 0.4) is 0 Å². The van der Waals surface area contributed by atoms with E-state index in [2.05, 4.69) is 30.6 Å². The number of nitrogens with one attached hydrogen (secondary N) is 2. The average molecular weight is 418 g/mol. The predicted molar refractivity (Wildman–Crippen MR) is 106 cm³/mol. The number of fused-ring (bicyclic) bond motifs is 1. The van der Waals surface area contributed by atoms with Gasteiger partial charge < -0.3 is 20.5 Å². The van der Waals surface area contributed by atoms with E-state index in [1.54, 1.807) is 23.9 Å². The number of aliphatic hydroxyl groups excluding tert-OH is 1. The molecule has 3 aromatic rings. The van der Waals surface area contributed by atoms with Crippen LogP contribution in [-0.2, 0) is 9.53 Å². The standard InChI is InChI=1S/C18H20ClN7O3/c1-3-22-17(28)12-5-11(27)18(29-12)26-8-23-13-15(20-2)24-14(25-16(13)26)9-4-10(19)7-21-6-9/h4,6-8,11-12,18,27H,3,5H2,1-2H3,(H,22,28)(H,20,24,25)/t11-,12+,18-/m1/s1. The number of halogens is 1. The molecule has 3 N–H and O–H groups in total. The molecule has 3 atom stereocenters. The summed E-state index contributed by atoms with van der Waals surface area (Å²) in [7, 11) is 1.73. The first-order valence-electron chi connectivity index (χ1n) is 9.16. The lowest BCUT2D eigenvalue weighted by Gasteiger charge is -2.17. The number of ether oxygens (including phenoxy) is 1. The van der Waals surface area contributed by atoms with Crippen LogP contribution in [-0.4, -0.2) is 61.3 Å². The minimum Gasteiger partial charge on any atom is -0.388 e. The minimum absolute atomic E-state index is 0.186. The van der Waals surface area contributed by atoms with Gasteiger partial charge in [-0.25, -0.2) is 15.0 Å². The number of amides is 1. The quantitative estimate of drug-likeness (QED) is 0.568. The van der Waals surface area contributed by atoms with Crippen LogP contribution in [0.25, 0.3) is 22.6 Å². The topological polar surface area (TPSA) is 127 Å². The summed E-state index contributed by atoms with van der Waals surface area (Å²) >= 11 is 6.05. The lowest BCUT2D eigenvalue weighted by atomic mass is 10.2. The smallest absolute Gasteiger partial charge is 0.249 e. The van der Waals surface area contributed by atoms with E-state index in [1.165, 1.54) is 12.5 Å². The Morgan fingerprint density at radius 2 is 2.24 bits per heavy atom. The fourth-order valence-electron chi connectivity index (χ4n) is 3.30. The Labute approximate surface area is 171 Å². The van der Waals surface area contributed by atoms with Crippen LogP contribution in [0, 0.1) is 0 Å². The second kappa shape index (κ2) is 7.90. The van der Waals surface area contributed by atoms with Crippen molar-refractivity contribution in [2.45, 2.75) is 31.8 Å². The fraction of sp³-hybridized carbons (Fsp3) is 0.389. The lowest BCUT2D eigenvalue weighted by molar-refractivity contribution is -0.134. The van der Waals surface area contributed by atoms with Crippen molar-refractivity contribution >= 4 is 34.5 Å². The Morgan fingerprint density at radius 3 is 2.97 bits per heavy atom. The van der Waals surface area contributed by atoms with Crippen molar-refractivity contribution in [3.8, 4) is 11.4 Å². The fourth-order valence-corrected chi connectivity index (χ4v) is 3.47. The number of hydrogen-bond donors (Lipinski definition) is 3. The van der Waals surface area contributed by atoms with Gasteiger partial charge in [0.1, 0.15) is 12.2 Å². The number of aliphatic hydroxyl groups is 1. The molecule has 1 amide bonds. The molecule has 0 saturated carbocycles. The van der Waals surface area contributed by atoms with Crippen molar-refractivity contribution in [2.24, 2.45) is 0 Å². The molecule has 152 valence electrons. The number of aromatic nitrogens is 5. The highest BCUT2D eigenvalue weighted by atomic mass is 35.5. The maximum absolute atomic E-state index is 12.1. The number of pyridine rings is 1. The van der Waals surface area contributed by atoms with Gasteiger partial charge in [0.25, 0.3) is 0 Å². The molecular weight excluding hydrogens is 398 g/mol. The number of rotatable bonds is 5. The van der Waals surface area contributed by atoms with Crippen LogP contribution in [0.2, 0.25) is 5.02 Å². The maximum atomic E-state index is 12.1. The second-order valence-corrected chi connectivity index (χ2v) is 7.01. The van der Waals surface area contributed by atoms with Gasteiger partial charge in [0.05, 0.1) is 11.3 Å². The summed E-state index contributed by atoms with van der Waals surface area (Å²) in [6, 6.07) is 1.71. The van der Waals surface area contributed by atoms with Gasteiger partial charge in [-0.2, -0.15) is 0 Å². The summed E-state index contributed by atoms with van der Waals surface area (Å²) in [6.07, 6.45) is 2.42. The zero-order chi connectivity index (χ0) is 20.5. The number of nitrogens with zero attached hydrogens (tertiary/aromatic N) is 5. The highest BCUT2D eigenvalue weighted by Crippen LogP contribution is 2.33. The summed E-state index contributed by atoms with van der Waals surface area (Å²) in [5, 5.41) is 16.7. The first kappa shape index (κ1) is 19.5. The van der Waals surface area contributed by atoms with Crippen molar-refractivity contribution in [1.82, 2.24) is 29.8 Å². The van der Waals surface area contributed by atoms with Crippen LogP contribution in [0.5, 0.6) is 0 Å². The van der Waals surface area contributed by atoms with Gasteiger partial charge in [-0.15, -0.1) is 0 Å². The van der Waals surface area contributed by atoms with Crippen molar-refractivity contribution < 1.29 is 14.6 Å². The van der Waals surface area contributed by atoms with Crippen LogP contribution < -0.4 is 10.6 Å². The van der Waals surface area contributed by atoms with Crippen LogP contribution in [0.15, 0.2) is 24.8 Å². The van der Waals surface area contributed by atoms with Crippen molar-refractivity contribution in [3.63, 3.8) is 0 Å². The third kappa shape index (κ3) is 3.61. The number of imidazole rings is 1. The SMILES string of the molecule is CCNC(=O)[C@@H]1C[C@@H](O)[C@H](n2cnc3c(NC)nc(-c4cncc(Cl)c4)nc32)O1. The van der Waals surface area contributed by atoms with Crippen molar-refractivity contribution in [2.75, 3.05) is 18.9 Å². The van der Waals surface area contributed by atoms with Gasteiger partial charge in [-0.05, 0) is 13.0 Å². The monoisotopic (exact) mass is 417 g/mol. The molecule has 0 aliphatic carbocycles. The van der Waals surface area contributed by atoms with Crippen molar-refractivity contribution in [3.05, 3.63) is 29.8 Å².